The highest BCUT2D eigenvalue weighted by molar-refractivity contribution is 5.80. The molecule has 4 heteroatoms. The van der Waals surface area contributed by atoms with Crippen LogP contribution in [0.2, 0.25) is 0 Å². The Labute approximate surface area is 101 Å². The predicted molar refractivity (Wildman–Crippen MR) is 64.0 cm³/mol. The van der Waals surface area contributed by atoms with Crippen LogP contribution in [0.5, 0.6) is 0 Å². The van der Waals surface area contributed by atoms with E-state index >= 15 is 0 Å². The van der Waals surface area contributed by atoms with E-state index in [4.69, 9.17) is 5.73 Å². The quantitative estimate of drug-likeness (QED) is 0.847. The number of rotatable bonds is 3. The van der Waals surface area contributed by atoms with Crippen LogP contribution in [0.25, 0.3) is 0 Å². The first kappa shape index (κ1) is 10.7. The van der Waals surface area contributed by atoms with Crippen molar-refractivity contribution in [3.8, 4) is 0 Å². The van der Waals surface area contributed by atoms with E-state index in [2.05, 4.69) is 9.88 Å². The van der Waals surface area contributed by atoms with Crippen molar-refractivity contribution in [3.63, 3.8) is 0 Å². The minimum atomic E-state index is 0.147. The summed E-state index contributed by atoms with van der Waals surface area (Å²) in [7, 11) is 0. The number of pyridine rings is 1. The number of carbonyl (C=O) groups is 1. The molecule has 1 aromatic heterocycles. The van der Waals surface area contributed by atoms with Crippen LogP contribution in [-0.2, 0) is 4.79 Å². The lowest BCUT2D eigenvalue weighted by Gasteiger charge is -2.28. The molecule has 1 aromatic rings. The Bertz CT molecular complexity index is 416. The molecule has 1 aliphatic carbocycles. The number of amides is 1. The molecule has 3 rings (SSSR count). The minimum absolute atomic E-state index is 0.147. The van der Waals surface area contributed by atoms with Crippen LogP contribution in [-0.4, -0.2) is 28.4 Å². The average Bonchev–Trinajstić information content (AvgIpc) is 3.14. The summed E-state index contributed by atoms with van der Waals surface area (Å²) in [6.45, 7) is 0.564. The second-order valence-electron chi connectivity index (χ2n) is 4.96. The molecule has 0 aromatic carbocycles. The second kappa shape index (κ2) is 4.11. The first-order valence-corrected chi connectivity index (χ1v) is 6.22. The lowest BCUT2D eigenvalue weighted by Crippen LogP contribution is -2.32. The first-order chi connectivity index (χ1) is 8.31. The van der Waals surface area contributed by atoms with E-state index in [-0.39, 0.29) is 17.9 Å². The second-order valence-corrected chi connectivity index (χ2v) is 4.96. The summed E-state index contributed by atoms with van der Waals surface area (Å²) in [5.74, 6) is 0.504. The van der Waals surface area contributed by atoms with Gasteiger partial charge in [-0.25, -0.2) is 0 Å². The highest BCUT2D eigenvalue weighted by Gasteiger charge is 2.46. The molecule has 0 radical (unpaired) electrons. The van der Waals surface area contributed by atoms with E-state index < -0.39 is 0 Å². The number of nitrogens with two attached hydrogens (primary N) is 1. The molecule has 2 fully saturated rings. The Morgan fingerprint density at radius 3 is 2.88 bits per heavy atom. The summed E-state index contributed by atoms with van der Waals surface area (Å²) >= 11 is 0. The van der Waals surface area contributed by atoms with Crippen molar-refractivity contribution in [2.75, 3.05) is 6.54 Å². The van der Waals surface area contributed by atoms with Crippen molar-refractivity contribution in [2.24, 2.45) is 11.7 Å². The third-order valence-corrected chi connectivity index (χ3v) is 3.74. The lowest BCUT2D eigenvalue weighted by atomic mass is 9.95. The van der Waals surface area contributed by atoms with Gasteiger partial charge in [0.1, 0.15) is 0 Å². The van der Waals surface area contributed by atoms with Gasteiger partial charge in [0, 0.05) is 30.8 Å². The van der Waals surface area contributed by atoms with E-state index in [0.717, 1.165) is 18.4 Å². The fourth-order valence-electron chi connectivity index (χ4n) is 2.80. The number of likely N-dealkylation sites (tertiary alicyclic amines) is 1. The maximum absolute atomic E-state index is 12.1. The van der Waals surface area contributed by atoms with Gasteiger partial charge in [-0.15, -0.1) is 0 Å². The van der Waals surface area contributed by atoms with Crippen LogP contribution >= 0.6 is 0 Å². The molecule has 1 aliphatic heterocycles. The van der Waals surface area contributed by atoms with E-state index in [0.29, 0.717) is 19.0 Å². The van der Waals surface area contributed by atoms with Gasteiger partial charge in [-0.2, -0.15) is 0 Å². The third-order valence-electron chi connectivity index (χ3n) is 3.74. The summed E-state index contributed by atoms with van der Waals surface area (Å²) in [4.78, 5) is 18.3. The highest BCUT2D eigenvalue weighted by Crippen LogP contribution is 2.44. The maximum Gasteiger partial charge on any atom is 0.223 e. The van der Waals surface area contributed by atoms with Crippen molar-refractivity contribution in [1.29, 1.82) is 0 Å². The molecule has 0 bridgehead atoms. The third kappa shape index (κ3) is 1.82. The van der Waals surface area contributed by atoms with Crippen molar-refractivity contribution in [2.45, 2.75) is 31.3 Å². The topological polar surface area (TPSA) is 59.2 Å². The first-order valence-electron chi connectivity index (χ1n) is 6.22. The van der Waals surface area contributed by atoms with Crippen molar-refractivity contribution >= 4 is 5.91 Å². The molecule has 90 valence electrons. The molecule has 1 saturated carbocycles. The Balaban J connectivity index is 1.94. The SMILES string of the molecule is NC[C@@H]1CC(=O)N(C2CC2)[C@H]1c1cccnc1. The van der Waals surface area contributed by atoms with E-state index in [9.17, 15) is 4.79 Å². The molecule has 17 heavy (non-hydrogen) atoms. The van der Waals surface area contributed by atoms with Gasteiger partial charge in [-0.05, 0) is 31.0 Å². The Morgan fingerprint density at radius 2 is 2.29 bits per heavy atom. The summed E-state index contributed by atoms with van der Waals surface area (Å²) < 4.78 is 0. The number of hydrogen-bond donors (Lipinski definition) is 1. The number of aromatic nitrogens is 1. The molecule has 1 amide bonds. The molecule has 2 atom stereocenters. The van der Waals surface area contributed by atoms with Crippen LogP contribution in [0.4, 0.5) is 0 Å². The van der Waals surface area contributed by atoms with Gasteiger partial charge < -0.3 is 10.6 Å². The largest absolute Gasteiger partial charge is 0.332 e. The molecule has 1 saturated heterocycles. The van der Waals surface area contributed by atoms with Gasteiger partial charge in [0.05, 0.1) is 6.04 Å². The van der Waals surface area contributed by atoms with Gasteiger partial charge in [-0.3, -0.25) is 9.78 Å². The van der Waals surface area contributed by atoms with E-state index in [1.807, 2.05) is 18.3 Å². The predicted octanol–water partition coefficient (Wildman–Crippen LogP) is 1.09. The Morgan fingerprint density at radius 1 is 1.47 bits per heavy atom. The molecule has 2 N–H and O–H groups in total. The summed E-state index contributed by atoms with van der Waals surface area (Å²) in [5.41, 5.74) is 6.93. The molecular formula is C13H17N3O. The maximum atomic E-state index is 12.1. The summed E-state index contributed by atoms with van der Waals surface area (Å²) in [6, 6.07) is 4.57. The molecule has 0 unspecified atom stereocenters. The molecule has 2 heterocycles. The summed E-state index contributed by atoms with van der Waals surface area (Å²) in [5, 5.41) is 0. The average molecular weight is 231 g/mol. The number of hydrogen-bond acceptors (Lipinski definition) is 3. The highest BCUT2D eigenvalue weighted by atomic mass is 16.2. The van der Waals surface area contributed by atoms with Crippen molar-refractivity contribution < 1.29 is 4.79 Å². The van der Waals surface area contributed by atoms with E-state index in [1.165, 1.54) is 0 Å². The molecular weight excluding hydrogens is 214 g/mol. The van der Waals surface area contributed by atoms with Gasteiger partial charge in [0.15, 0.2) is 0 Å². The lowest BCUT2D eigenvalue weighted by molar-refractivity contribution is -0.129. The van der Waals surface area contributed by atoms with Gasteiger partial charge >= 0.3 is 0 Å². The minimum Gasteiger partial charge on any atom is -0.332 e. The molecule has 0 spiro atoms. The van der Waals surface area contributed by atoms with Crippen LogP contribution < -0.4 is 5.73 Å². The van der Waals surface area contributed by atoms with Crippen LogP contribution in [0, 0.1) is 5.92 Å². The van der Waals surface area contributed by atoms with Gasteiger partial charge in [0.2, 0.25) is 5.91 Å². The van der Waals surface area contributed by atoms with Gasteiger partial charge in [0.25, 0.3) is 0 Å². The number of carbonyl (C=O) groups excluding carboxylic acids is 1. The smallest absolute Gasteiger partial charge is 0.223 e. The fourth-order valence-corrected chi connectivity index (χ4v) is 2.80. The molecule has 4 nitrogen and oxygen atoms in total. The fraction of sp³-hybridized carbons (Fsp3) is 0.538. The van der Waals surface area contributed by atoms with Crippen LogP contribution in [0.15, 0.2) is 24.5 Å². The zero-order chi connectivity index (χ0) is 11.8. The Kier molecular flexibility index (Phi) is 2.59. The van der Waals surface area contributed by atoms with E-state index in [1.54, 1.807) is 6.20 Å². The normalized spacial score (nSPS) is 28.8. The number of nitrogens with zero attached hydrogens (tertiary/aromatic N) is 2. The monoisotopic (exact) mass is 231 g/mol. The zero-order valence-corrected chi connectivity index (χ0v) is 9.75. The van der Waals surface area contributed by atoms with Crippen LogP contribution in [0.3, 0.4) is 0 Å². The summed E-state index contributed by atoms with van der Waals surface area (Å²) in [6.07, 6.45) is 6.49. The zero-order valence-electron chi connectivity index (χ0n) is 9.75. The van der Waals surface area contributed by atoms with Crippen molar-refractivity contribution in [3.05, 3.63) is 30.1 Å². The van der Waals surface area contributed by atoms with Crippen molar-refractivity contribution in [1.82, 2.24) is 9.88 Å². The standard InChI is InChI=1S/C13H17N3O/c14-7-10-6-12(17)16(11-3-4-11)13(10)9-2-1-5-15-8-9/h1-2,5,8,10-11,13H,3-4,6-7,14H2/t10-,13-/m0/s1. The van der Waals surface area contributed by atoms with Crippen LogP contribution in [0.1, 0.15) is 30.9 Å². The Hall–Kier alpha value is -1.42. The molecule has 2 aliphatic rings. The van der Waals surface area contributed by atoms with Gasteiger partial charge in [-0.1, -0.05) is 6.07 Å².